The van der Waals surface area contributed by atoms with Crippen LogP contribution in [0.2, 0.25) is 0 Å². The number of benzene rings is 3. The summed E-state index contributed by atoms with van der Waals surface area (Å²) in [6.07, 6.45) is 0. The predicted molar refractivity (Wildman–Crippen MR) is 109 cm³/mol. The molecule has 0 saturated carbocycles. The Morgan fingerprint density at radius 3 is 2.36 bits per heavy atom. The summed E-state index contributed by atoms with van der Waals surface area (Å²) in [5.41, 5.74) is 0.777. The lowest BCUT2D eigenvalue weighted by Gasteiger charge is -2.12. The van der Waals surface area contributed by atoms with Crippen LogP contribution in [0.5, 0.6) is 5.75 Å². The van der Waals surface area contributed by atoms with Crippen molar-refractivity contribution in [1.29, 1.82) is 0 Å². The van der Waals surface area contributed by atoms with Crippen LogP contribution >= 0.6 is 11.8 Å². The van der Waals surface area contributed by atoms with E-state index in [-0.39, 0.29) is 16.2 Å². The molecule has 28 heavy (non-hydrogen) atoms. The number of para-hydroxylation sites is 1. The molecule has 0 saturated heterocycles. The van der Waals surface area contributed by atoms with Gasteiger partial charge in [0, 0.05) is 15.4 Å². The molecule has 0 spiro atoms. The minimum absolute atomic E-state index is 0.0825. The van der Waals surface area contributed by atoms with Gasteiger partial charge in [-0.25, -0.2) is 13.6 Å². The number of ether oxygens (including phenoxy) is 1. The van der Waals surface area contributed by atoms with Gasteiger partial charge in [-0.05, 0) is 42.5 Å². The van der Waals surface area contributed by atoms with Gasteiger partial charge in [-0.15, -0.1) is 0 Å². The molecule has 0 aliphatic heterocycles. The SMILES string of the molecule is COc1ccc(C(=O)Nc2ccccc2Sc2ccccc2)cc1S(N)(=O)=O. The van der Waals surface area contributed by atoms with Crippen molar-refractivity contribution in [3.63, 3.8) is 0 Å². The molecular weight excluding hydrogens is 396 g/mol. The second kappa shape index (κ2) is 8.47. The van der Waals surface area contributed by atoms with E-state index in [4.69, 9.17) is 9.88 Å². The molecule has 6 nitrogen and oxygen atoms in total. The number of primary sulfonamides is 1. The topological polar surface area (TPSA) is 98.5 Å². The molecule has 144 valence electrons. The Labute approximate surface area is 167 Å². The Kier molecular flexibility index (Phi) is 6.03. The van der Waals surface area contributed by atoms with Crippen LogP contribution in [-0.2, 0) is 10.0 Å². The summed E-state index contributed by atoms with van der Waals surface area (Å²) >= 11 is 1.51. The molecular formula is C20H18N2O4S2. The van der Waals surface area contributed by atoms with Crippen molar-refractivity contribution in [2.24, 2.45) is 5.14 Å². The maximum atomic E-state index is 12.7. The molecule has 3 aromatic carbocycles. The molecule has 1 amide bonds. The average Bonchev–Trinajstić information content (AvgIpc) is 2.69. The van der Waals surface area contributed by atoms with E-state index < -0.39 is 15.9 Å². The van der Waals surface area contributed by atoms with E-state index in [2.05, 4.69) is 5.32 Å². The molecule has 0 unspecified atom stereocenters. The second-order valence-electron chi connectivity index (χ2n) is 5.78. The highest BCUT2D eigenvalue weighted by Gasteiger charge is 2.18. The number of rotatable bonds is 6. The summed E-state index contributed by atoms with van der Waals surface area (Å²) in [4.78, 5) is 14.4. The van der Waals surface area contributed by atoms with Gasteiger partial charge in [0.1, 0.15) is 10.6 Å². The van der Waals surface area contributed by atoms with Crippen molar-refractivity contribution in [1.82, 2.24) is 0 Å². The summed E-state index contributed by atoms with van der Waals surface area (Å²) in [6, 6.07) is 21.2. The van der Waals surface area contributed by atoms with E-state index in [1.807, 2.05) is 48.5 Å². The first-order chi connectivity index (χ1) is 13.4. The number of amides is 1. The van der Waals surface area contributed by atoms with Crippen molar-refractivity contribution in [2.75, 3.05) is 12.4 Å². The monoisotopic (exact) mass is 414 g/mol. The van der Waals surface area contributed by atoms with E-state index in [9.17, 15) is 13.2 Å². The summed E-state index contributed by atoms with van der Waals surface area (Å²) in [7, 11) is -2.70. The average molecular weight is 415 g/mol. The zero-order chi connectivity index (χ0) is 20.1. The Morgan fingerprint density at radius 1 is 1.00 bits per heavy atom. The molecule has 0 aliphatic rings. The summed E-state index contributed by atoms with van der Waals surface area (Å²) in [6.45, 7) is 0. The van der Waals surface area contributed by atoms with Crippen molar-refractivity contribution < 1.29 is 17.9 Å². The second-order valence-corrected chi connectivity index (χ2v) is 8.42. The van der Waals surface area contributed by atoms with Crippen LogP contribution in [0, 0.1) is 0 Å². The fourth-order valence-electron chi connectivity index (χ4n) is 2.51. The number of sulfonamides is 1. The Hall–Kier alpha value is -2.81. The van der Waals surface area contributed by atoms with Crippen LogP contribution in [0.1, 0.15) is 10.4 Å². The Balaban J connectivity index is 1.88. The van der Waals surface area contributed by atoms with Crippen molar-refractivity contribution in [2.45, 2.75) is 14.7 Å². The van der Waals surface area contributed by atoms with Crippen LogP contribution in [-0.4, -0.2) is 21.4 Å². The molecule has 0 radical (unpaired) electrons. The highest BCUT2D eigenvalue weighted by Crippen LogP contribution is 2.33. The lowest BCUT2D eigenvalue weighted by atomic mass is 10.2. The van der Waals surface area contributed by atoms with E-state index in [1.165, 1.54) is 37.1 Å². The number of hydrogen-bond acceptors (Lipinski definition) is 5. The number of nitrogens with one attached hydrogen (secondary N) is 1. The van der Waals surface area contributed by atoms with E-state index >= 15 is 0 Å². The molecule has 0 aliphatic carbocycles. The highest BCUT2D eigenvalue weighted by atomic mass is 32.2. The number of nitrogens with two attached hydrogens (primary N) is 1. The molecule has 0 fully saturated rings. The quantitative estimate of drug-likeness (QED) is 0.640. The largest absolute Gasteiger partial charge is 0.495 e. The number of methoxy groups -OCH3 is 1. The number of hydrogen-bond donors (Lipinski definition) is 2. The smallest absolute Gasteiger partial charge is 0.255 e. The standard InChI is InChI=1S/C20H18N2O4S2/c1-26-17-12-11-14(13-19(17)28(21,24)25)20(23)22-16-9-5-6-10-18(16)27-15-7-3-2-4-8-15/h2-13H,1H3,(H,22,23)(H2,21,24,25). The molecule has 0 bridgehead atoms. The molecule has 3 rings (SSSR count). The summed E-state index contributed by atoms with van der Waals surface area (Å²) in [5.74, 6) is -0.368. The maximum absolute atomic E-state index is 12.7. The van der Waals surface area contributed by atoms with E-state index in [0.717, 1.165) is 9.79 Å². The van der Waals surface area contributed by atoms with Gasteiger partial charge in [0.25, 0.3) is 5.91 Å². The number of carbonyl (C=O) groups is 1. The third-order valence-corrected chi connectivity index (χ3v) is 5.85. The Morgan fingerprint density at radius 2 is 1.68 bits per heavy atom. The van der Waals surface area contributed by atoms with Gasteiger partial charge in [-0.3, -0.25) is 4.79 Å². The van der Waals surface area contributed by atoms with E-state index in [1.54, 1.807) is 6.07 Å². The zero-order valence-electron chi connectivity index (χ0n) is 15.0. The first-order valence-corrected chi connectivity index (χ1v) is 10.6. The molecule has 0 heterocycles. The van der Waals surface area contributed by atoms with Gasteiger partial charge >= 0.3 is 0 Å². The van der Waals surface area contributed by atoms with Crippen LogP contribution in [0.15, 0.2) is 87.5 Å². The van der Waals surface area contributed by atoms with Crippen LogP contribution in [0.4, 0.5) is 5.69 Å². The number of carbonyl (C=O) groups excluding carboxylic acids is 1. The fourth-order valence-corrected chi connectivity index (χ4v) is 4.16. The first-order valence-electron chi connectivity index (χ1n) is 8.22. The summed E-state index contributed by atoms with van der Waals surface area (Å²) in [5, 5.41) is 8.05. The first kappa shape index (κ1) is 19.9. The molecule has 0 atom stereocenters. The lowest BCUT2D eigenvalue weighted by Crippen LogP contribution is -2.17. The molecule has 3 N–H and O–H groups in total. The van der Waals surface area contributed by atoms with E-state index in [0.29, 0.717) is 5.69 Å². The van der Waals surface area contributed by atoms with Crippen LogP contribution in [0.3, 0.4) is 0 Å². The van der Waals surface area contributed by atoms with Gasteiger partial charge in [-0.2, -0.15) is 0 Å². The van der Waals surface area contributed by atoms with Gasteiger partial charge in [0.2, 0.25) is 10.0 Å². The Bertz CT molecular complexity index is 1100. The molecule has 8 heteroatoms. The van der Waals surface area contributed by atoms with Crippen molar-refractivity contribution in [3.8, 4) is 5.75 Å². The maximum Gasteiger partial charge on any atom is 0.255 e. The van der Waals surface area contributed by atoms with Gasteiger partial charge in [0.15, 0.2) is 0 Å². The van der Waals surface area contributed by atoms with Crippen molar-refractivity contribution >= 4 is 33.4 Å². The van der Waals surface area contributed by atoms with Gasteiger partial charge < -0.3 is 10.1 Å². The summed E-state index contributed by atoms with van der Waals surface area (Å²) < 4.78 is 28.5. The van der Waals surface area contributed by atoms with Gasteiger partial charge in [0.05, 0.1) is 12.8 Å². The zero-order valence-corrected chi connectivity index (χ0v) is 16.6. The molecule has 0 aromatic heterocycles. The minimum Gasteiger partial charge on any atom is -0.495 e. The fraction of sp³-hybridized carbons (Fsp3) is 0.0500. The highest BCUT2D eigenvalue weighted by molar-refractivity contribution is 7.99. The lowest BCUT2D eigenvalue weighted by molar-refractivity contribution is 0.102. The van der Waals surface area contributed by atoms with Crippen LogP contribution < -0.4 is 15.2 Å². The molecule has 3 aromatic rings. The van der Waals surface area contributed by atoms with Crippen LogP contribution in [0.25, 0.3) is 0 Å². The number of anilines is 1. The predicted octanol–water partition coefficient (Wildman–Crippen LogP) is 3.75. The van der Waals surface area contributed by atoms with Crippen molar-refractivity contribution in [3.05, 3.63) is 78.4 Å². The third-order valence-electron chi connectivity index (χ3n) is 3.84. The minimum atomic E-state index is -4.03. The normalized spacial score (nSPS) is 11.1. The van der Waals surface area contributed by atoms with Gasteiger partial charge in [-0.1, -0.05) is 42.1 Å². The third kappa shape index (κ3) is 4.72.